The summed E-state index contributed by atoms with van der Waals surface area (Å²) >= 11 is 0. The number of carbonyl (C=O) groups excluding carboxylic acids is 1. The first-order valence-electron chi connectivity index (χ1n) is 8.78. The van der Waals surface area contributed by atoms with Crippen molar-refractivity contribution in [1.82, 2.24) is 0 Å². The van der Waals surface area contributed by atoms with Crippen molar-refractivity contribution in [2.24, 2.45) is 0 Å². The van der Waals surface area contributed by atoms with E-state index in [0.29, 0.717) is 29.5 Å². The number of hydrogen-bond acceptors (Lipinski definition) is 5. The van der Waals surface area contributed by atoms with Gasteiger partial charge in [0.05, 0.1) is 25.2 Å². The molecule has 0 saturated carbocycles. The van der Waals surface area contributed by atoms with E-state index in [1.54, 1.807) is 25.1 Å². The highest BCUT2D eigenvalue weighted by Gasteiger charge is 2.12. The molecule has 0 spiro atoms. The minimum atomic E-state index is -3.43. The second-order valence-electron chi connectivity index (χ2n) is 5.71. The van der Waals surface area contributed by atoms with Crippen LogP contribution >= 0.6 is 0 Å². The van der Waals surface area contributed by atoms with Gasteiger partial charge in [-0.05, 0) is 38.1 Å². The molecule has 2 N–H and O–H groups in total. The Morgan fingerprint density at radius 2 is 1.86 bits per heavy atom. The number of rotatable bonds is 9. The van der Waals surface area contributed by atoms with Crippen LogP contribution in [0.1, 0.15) is 19.4 Å². The van der Waals surface area contributed by atoms with Crippen molar-refractivity contribution in [3.63, 3.8) is 0 Å². The molecule has 0 fully saturated rings. The van der Waals surface area contributed by atoms with Crippen LogP contribution in [0.4, 0.5) is 11.4 Å². The molecule has 0 atom stereocenters. The first kappa shape index (κ1) is 21.3. The zero-order valence-corrected chi connectivity index (χ0v) is 16.9. The van der Waals surface area contributed by atoms with Gasteiger partial charge < -0.3 is 14.8 Å². The Morgan fingerprint density at radius 3 is 2.54 bits per heavy atom. The molecule has 7 nitrogen and oxygen atoms in total. The van der Waals surface area contributed by atoms with Crippen LogP contribution in [0.3, 0.4) is 0 Å². The van der Waals surface area contributed by atoms with Gasteiger partial charge in [0, 0.05) is 23.4 Å². The third-order valence-corrected chi connectivity index (χ3v) is 5.04. The molecule has 0 aliphatic rings. The van der Waals surface area contributed by atoms with Gasteiger partial charge in [-0.3, -0.25) is 9.52 Å². The van der Waals surface area contributed by atoms with Gasteiger partial charge in [0.25, 0.3) is 0 Å². The molecule has 150 valence electrons. The van der Waals surface area contributed by atoms with Crippen molar-refractivity contribution >= 4 is 33.4 Å². The maximum atomic E-state index is 12.2. The van der Waals surface area contributed by atoms with E-state index in [4.69, 9.17) is 9.47 Å². The lowest BCUT2D eigenvalue weighted by molar-refractivity contribution is -0.111. The highest BCUT2D eigenvalue weighted by atomic mass is 32.2. The highest BCUT2D eigenvalue weighted by molar-refractivity contribution is 7.92. The average molecular weight is 404 g/mol. The third kappa shape index (κ3) is 6.02. The van der Waals surface area contributed by atoms with Crippen LogP contribution in [-0.2, 0) is 14.8 Å². The lowest BCUT2D eigenvalue weighted by atomic mass is 10.2. The maximum absolute atomic E-state index is 12.2. The smallest absolute Gasteiger partial charge is 0.248 e. The largest absolute Gasteiger partial charge is 0.494 e. The number of methoxy groups -OCH3 is 1. The van der Waals surface area contributed by atoms with E-state index in [-0.39, 0.29) is 11.7 Å². The summed E-state index contributed by atoms with van der Waals surface area (Å²) in [7, 11) is -2.00. The normalized spacial score (nSPS) is 11.2. The van der Waals surface area contributed by atoms with Crippen molar-refractivity contribution in [2.45, 2.75) is 13.8 Å². The Labute approximate surface area is 165 Å². The second kappa shape index (κ2) is 9.80. The van der Waals surface area contributed by atoms with Crippen molar-refractivity contribution in [1.29, 1.82) is 0 Å². The van der Waals surface area contributed by atoms with Gasteiger partial charge in [-0.25, -0.2) is 8.42 Å². The second-order valence-corrected chi connectivity index (χ2v) is 7.72. The highest BCUT2D eigenvalue weighted by Crippen LogP contribution is 2.29. The van der Waals surface area contributed by atoms with Crippen LogP contribution in [0.25, 0.3) is 6.08 Å². The van der Waals surface area contributed by atoms with Gasteiger partial charge in [0.1, 0.15) is 11.5 Å². The lowest BCUT2D eigenvalue weighted by Gasteiger charge is -2.12. The van der Waals surface area contributed by atoms with Crippen molar-refractivity contribution in [2.75, 3.05) is 29.5 Å². The quantitative estimate of drug-likeness (QED) is 0.624. The molecule has 8 heteroatoms. The summed E-state index contributed by atoms with van der Waals surface area (Å²) in [5.74, 6) is 0.613. The molecule has 28 heavy (non-hydrogen) atoms. The molecule has 0 aromatic heterocycles. The molecule has 2 aromatic rings. The minimum absolute atomic E-state index is 0.0529. The third-order valence-electron chi connectivity index (χ3n) is 3.75. The van der Waals surface area contributed by atoms with E-state index in [1.807, 2.05) is 31.2 Å². The molecule has 2 rings (SSSR count). The van der Waals surface area contributed by atoms with Crippen LogP contribution in [0.2, 0.25) is 0 Å². The van der Waals surface area contributed by atoms with E-state index in [0.717, 1.165) is 5.56 Å². The standard InChI is InChI=1S/C20H24N2O5S/c1-4-27-18-9-7-6-8-15(18)10-13-20(23)21-16-11-12-17(19(14-16)26-3)22-28(24,25)5-2/h6-14,22H,4-5H2,1-3H3,(H,21,23). The molecule has 0 radical (unpaired) electrons. The molecule has 0 aliphatic carbocycles. The van der Waals surface area contributed by atoms with Crippen LogP contribution in [0.5, 0.6) is 11.5 Å². The summed E-state index contributed by atoms with van der Waals surface area (Å²) in [6.45, 7) is 3.97. The number of carbonyl (C=O) groups is 1. The van der Waals surface area contributed by atoms with Crippen molar-refractivity contribution < 1.29 is 22.7 Å². The number of benzene rings is 2. The predicted molar refractivity (Wildman–Crippen MR) is 111 cm³/mol. The van der Waals surface area contributed by atoms with Gasteiger partial charge in [-0.1, -0.05) is 18.2 Å². The lowest BCUT2D eigenvalue weighted by Crippen LogP contribution is -2.15. The topological polar surface area (TPSA) is 93.7 Å². The van der Waals surface area contributed by atoms with Crippen LogP contribution < -0.4 is 19.5 Å². The van der Waals surface area contributed by atoms with Crippen LogP contribution in [-0.4, -0.2) is 33.8 Å². The molecule has 0 bridgehead atoms. The molecular formula is C20H24N2O5S. The zero-order chi connectivity index (χ0) is 20.6. The van der Waals surface area contributed by atoms with Gasteiger partial charge in [0.2, 0.25) is 15.9 Å². The van der Waals surface area contributed by atoms with Crippen molar-refractivity contribution in [3.05, 3.63) is 54.1 Å². The predicted octanol–water partition coefficient (Wildman–Crippen LogP) is 3.51. The summed E-state index contributed by atoms with van der Waals surface area (Å²) in [5, 5.41) is 2.72. The van der Waals surface area contributed by atoms with E-state index >= 15 is 0 Å². The molecule has 2 aromatic carbocycles. The number of para-hydroxylation sites is 1. The number of sulfonamides is 1. The Morgan fingerprint density at radius 1 is 1.11 bits per heavy atom. The SMILES string of the molecule is CCOc1ccccc1C=CC(=O)Nc1ccc(NS(=O)(=O)CC)c(OC)c1. The summed E-state index contributed by atoms with van der Waals surface area (Å²) in [5.41, 5.74) is 1.58. The summed E-state index contributed by atoms with van der Waals surface area (Å²) in [6.07, 6.45) is 3.07. The molecule has 0 unspecified atom stereocenters. The Hall–Kier alpha value is -3.00. The fraction of sp³-hybridized carbons (Fsp3) is 0.250. The van der Waals surface area contributed by atoms with Crippen LogP contribution in [0.15, 0.2) is 48.5 Å². The monoisotopic (exact) mass is 404 g/mol. The Balaban J connectivity index is 2.12. The number of hydrogen-bond donors (Lipinski definition) is 2. The average Bonchev–Trinajstić information content (AvgIpc) is 2.68. The summed E-state index contributed by atoms with van der Waals surface area (Å²) in [6, 6.07) is 12.1. The van der Waals surface area contributed by atoms with Gasteiger partial charge in [-0.2, -0.15) is 0 Å². The number of nitrogens with one attached hydrogen (secondary N) is 2. The Kier molecular flexibility index (Phi) is 7.45. The summed E-state index contributed by atoms with van der Waals surface area (Å²) < 4.78 is 36.7. The zero-order valence-electron chi connectivity index (χ0n) is 16.1. The number of ether oxygens (including phenoxy) is 2. The van der Waals surface area contributed by atoms with E-state index < -0.39 is 10.0 Å². The molecule has 0 heterocycles. The fourth-order valence-electron chi connectivity index (χ4n) is 2.35. The van der Waals surface area contributed by atoms with Crippen LogP contribution in [0, 0.1) is 0 Å². The van der Waals surface area contributed by atoms with E-state index in [2.05, 4.69) is 10.0 Å². The molecule has 1 amide bonds. The van der Waals surface area contributed by atoms with Gasteiger partial charge >= 0.3 is 0 Å². The first-order chi connectivity index (χ1) is 13.4. The number of anilines is 2. The van der Waals surface area contributed by atoms with E-state index in [9.17, 15) is 13.2 Å². The van der Waals surface area contributed by atoms with Crippen molar-refractivity contribution in [3.8, 4) is 11.5 Å². The summed E-state index contributed by atoms with van der Waals surface area (Å²) in [4.78, 5) is 12.2. The van der Waals surface area contributed by atoms with Gasteiger partial charge in [0.15, 0.2) is 0 Å². The first-order valence-corrected chi connectivity index (χ1v) is 10.4. The van der Waals surface area contributed by atoms with E-state index in [1.165, 1.54) is 19.3 Å². The Bertz CT molecular complexity index is 955. The molecule has 0 saturated heterocycles. The maximum Gasteiger partial charge on any atom is 0.248 e. The fourth-order valence-corrected chi connectivity index (χ4v) is 3.00. The van der Waals surface area contributed by atoms with Gasteiger partial charge in [-0.15, -0.1) is 0 Å². The number of amides is 1. The minimum Gasteiger partial charge on any atom is -0.494 e. The molecule has 0 aliphatic heterocycles. The molecular weight excluding hydrogens is 380 g/mol.